The van der Waals surface area contributed by atoms with E-state index in [0.717, 1.165) is 63.9 Å². The first-order valence-corrected chi connectivity index (χ1v) is 9.26. The predicted molar refractivity (Wildman–Crippen MR) is 91.8 cm³/mol. The van der Waals surface area contributed by atoms with Gasteiger partial charge >= 0.3 is 0 Å². The molecule has 0 radical (unpaired) electrons. The topological polar surface area (TPSA) is 61.7 Å². The fourth-order valence-electron chi connectivity index (χ4n) is 4.48. The van der Waals surface area contributed by atoms with Crippen molar-refractivity contribution < 1.29 is 9.84 Å². The number of aromatic nitrogens is 2. The molecule has 3 fully saturated rings. The number of ether oxygens (including phenoxy) is 1. The van der Waals surface area contributed by atoms with E-state index >= 15 is 0 Å². The zero-order chi connectivity index (χ0) is 16.4. The molecular weight excluding hydrogens is 304 g/mol. The molecule has 1 aromatic heterocycles. The molecule has 3 saturated heterocycles. The Labute approximate surface area is 143 Å². The second-order valence-electron chi connectivity index (χ2n) is 7.65. The third-order valence-corrected chi connectivity index (χ3v) is 6.00. The molecule has 2 atom stereocenters. The highest BCUT2D eigenvalue weighted by Gasteiger charge is 2.47. The number of likely N-dealkylation sites (tertiary alicyclic amines) is 1. The smallest absolute Gasteiger partial charge is 0.225 e. The molecule has 132 valence electrons. The Morgan fingerprint density at radius 3 is 2.71 bits per heavy atom. The molecule has 0 saturated carbocycles. The second-order valence-corrected chi connectivity index (χ2v) is 7.65. The average molecular weight is 332 g/mol. The second kappa shape index (κ2) is 6.94. The zero-order valence-corrected chi connectivity index (χ0v) is 14.4. The van der Waals surface area contributed by atoms with E-state index in [1.807, 2.05) is 12.4 Å². The molecule has 6 heteroatoms. The van der Waals surface area contributed by atoms with E-state index < -0.39 is 0 Å². The van der Waals surface area contributed by atoms with Crippen LogP contribution in [0.4, 0.5) is 5.95 Å². The summed E-state index contributed by atoms with van der Waals surface area (Å²) < 4.78 is 5.62. The van der Waals surface area contributed by atoms with Crippen molar-refractivity contribution in [2.75, 3.05) is 50.9 Å². The molecule has 1 N–H and O–H groups in total. The van der Waals surface area contributed by atoms with Gasteiger partial charge in [-0.15, -0.1) is 0 Å². The number of nitrogens with zero attached hydrogens (tertiary/aromatic N) is 4. The van der Waals surface area contributed by atoms with Crippen LogP contribution in [-0.4, -0.2) is 66.0 Å². The Morgan fingerprint density at radius 2 is 2.00 bits per heavy atom. The molecule has 24 heavy (non-hydrogen) atoms. The van der Waals surface area contributed by atoms with Crippen LogP contribution in [0.5, 0.6) is 0 Å². The maximum absolute atomic E-state index is 9.90. The Balaban J connectivity index is 1.39. The minimum atomic E-state index is 0.0346. The van der Waals surface area contributed by atoms with Crippen molar-refractivity contribution in [1.29, 1.82) is 0 Å². The number of piperidine rings is 1. The minimum absolute atomic E-state index is 0.0346. The Hall–Kier alpha value is -1.24. The van der Waals surface area contributed by atoms with Gasteiger partial charge in [0.25, 0.3) is 0 Å². The van der Waals surface area contributed by atoms with Crippen molar-refractivity contribution >= 4 is 5.95 Å². The van der Waals surface area contributed by atoms with E-state index in [9.17, 15) is 5.11 Å². The summed E-state index contributed by atoms with van der Waals surface area (Å²) in [6.07, 6.45) is 8.72. The van der Waals surface area contributed by atoms with E-state index in [2.05, 4.69) is 19.8 Å². The van der Waals surface area contributed by atoms with Gasteiger partial charge < -0.3 is 14.7 Å². The Morgan fingerprint density at radius 1 is 1.21 bits per heavy atom. The highest BCUT2D eigenvalue weighted by Crippen LogP contribution is 2.42. The van der Waals surface area contributed by atoms with E-state index in [0.29, 0.717) is 5.92 Å². The standard InChI is InChI=1S/C18H28N4O2/c23-14-18-4-7-24-12-16(18)11-21(13-18)10-15-8-19-17(20-9-15)22-5-2-1-3-6-22/h8-9,16,23H,1-7,10-14H2/t16-,18-/m1/s1. The van der Waals surface area contributed by atoms with Gasteiger partial charge in [-0.1, -0.05) is 0 Å². The molecule has 3 aliphatic rings. The summed E-state index contributed by atoms with van der Waals surface area (Å²) in [6.45, 7) is 6.78. The van der Waals surface area contributed by atoms with E-state index in [1.165, 1.54) is 19.3 Å². The number of aliphatic hydroxyl groups excluding tert-OH is 1. The van der Waals surface area contributed by atoms with Crippen molar-refractivity contribution in [3.8, 4) is 0 Å². The molecule has 0 unspecified atom stereocenters. The molecule has 0 spiro atoms. The lowest BCUT2D eigenvalue weighted by Crippen LogP contribution is -2.41. The average Bonchev–Trinajstić information content (AvgIpc) is 3.01. The number of fused-ring (bicyclic) bond motifs is 1. The number of aliphatic hydroxyl groups is 1. The van der Waals surface area contributed by atoms with Gasteiger partial charge in [0.1, 0.15) is 0 Å². The molecule has 4 rings (SSSR count). The Bertz CT molecular complexity index is 546. The number of hydrogen-bond donors (Lipinski definition) is 1. The van der Waals surface area contributed by atoms with Gasteiger partial charge in [0.2, 0.25) is 5.95 Å². The maximum Gasteiger partial charge on any atom is 0.225 e. The number of hydrogen-bond acceptors (Lipinski definition) is 6. The fourth-order valence-corrected chi connectivity index (χ4v) is 4.48. The number of rotatable bonds is 4. The highest BCUT2D eigenvalue weighted by molar-refractivity contribution is 5.30. The molecule has 1 aromatic rings. The summed E-state index contributed by atoms with van der Waals surface area (Å²) >= 11 is 0. The Kier molecular flexibility index (Phi) is 4.70. The van der Waals surface area contributed by atoms with Crippen LogP contribution >= 0.6 is 0 Å². The van der Waals surface area contributed by atoms with Crippen LogP contribution in [-0.2, 0) is 11.3 Å². The third-order valence-electron chi connectivity index (χ3n) is 6.00. The van der Waals surface area contributed by atoms with Crippen LogP contribution in [0.15, 0.2) is 12.4 Å². The number of anilines is 1. The van der Waals surface area contributed by atoms with Crippen molar-refractivity contribution in [2.24, 2.45) is 11.3 Å². The molecule has 3 aliphatic heterocycles. The van der Waals surface area contributed by atoms with Gasteiger partial charge in [0, 0.05) is 68.6 Å². The molecule has 0 bridgehead atoms. The lowest BCUT2D eigenvalue weighted by atomic mass is 9.75. The molecular formula is C18H28N4O2. The monoisotopic (exact) mass is 332 g/mol. The van der Waals surface area contributed by atoms with Crippen molar-refractivity contribution in [2.45, 2.75) is 32.2 Å². The first kappa shape index (κ1) is 16.2. The molecule has 4 heterocycles. The lowest BCUT2D eigenvalue weighted by molar-refractivity contribution is -0.0417. The SMILES string of the molecule is OC[C@]12CCOC[C@H]1CN(Cc1cnc(N3CCCCC3)nc1)C2. The van der Waals surface area contributed by atoms with Crippen molar-refractivity contribution in [1.82, 2.24) is 14.9 Å². The third kappa shape index (κ3) is 3.15. The van der Waals surface area contributed by atoms with Crippen molar-refractivity contribution in [3.05, 3.63) is 18.0 Å². The normalized spacial score (nSPS) is 31.2. The quantitative estimate of drug-likeness (QED) is 0.897. The van der Waals surface area contributed by atoms with E-state index in [-0.39, 0.29) is 12.0 Å². The molecule has 0 amide bonds. The fraction of sp³-hybridized carbons (Fsp3) is 0.778. The van der Waals surface area contributed by atoms with Crippen LogP contribution in [0.2, 0.25) is 0 Å². The van der Waals surface area contributed by atoms with E-state index in [1.54, 1.807) is 0 Å². The highest BCUT2D eigenvalue weighted by atomic mass is 16.5. The van der Waals surface area contributed by atoms with Gasteiger partial charge in [0.05, 0.1) is 13.2 Å². The predicted octanol–water partition coefficient (Wildman–Crippen LogP) is 1.30. The summed E-state index contributed by atoms with van der Waals surface area (Å²) in [5.74, 6) is 1.32. The molecule has 0 aromatic carbocycles. The van der Waals surface area contributed by atoms with Crippen LogP contribution in [0.3, 0.4) is 0 Å². The summed E-state index contributed by atoms with van der Waals surface area (Å²) in [5.41, 5.74) is 1.19. The van der Waals surface area contributed by atoms with Crippen LogP contribution in [0.1, 0.15) is 31.2 Å². The van der Waals surface area contributed by atoms with Gasteiger partial charge in [0.15, 0.2) is 0 Å². The maximum atomic E-state index is 9.90. The summed E-state index contributed by atoms with van der Waals surface area (Å²) in [4.78, 5) is 13.9. The van der Waals surface area contributed by atoms with Gasteiger partial charge in [-0.05, 0) is 25.7 Å². The van der Waals surface area contributed by atoms with Crippen LogP contribution in [0, 0.1) is 11.3 Å². The summed E-state index contributed by atoms with van der Waals surface area (Å²) in [6, 6.07) is 0. The van der Waals surface area contributed by atoms with Gasteiger partial charge in [-0.2, -0.15) is 0 Å². The largest absolute Gasteiger partial charge is 0.396 e. The minimum Gasteiger partial charge on any atom is -0.396 e. The summed E-state index contributed by atoms with van der Waals surface area (Å²) in [7, 11) is 0. The zero-order valence-electron chi connectivity index (χ0n) is 14.4. The van der Waals surface area contributed by atoms with E-state index in [4.69, 9.17) is 4.74 Å². The first-order chi connectivity index (χ1) is 11.8. The summed E-state index contributed by atoms with van der Waals surface area (Å²) in [5, 5.41) is 9.90. The first-order valence-electron chi connectivity index (χ1n) is 9.26. The van der Waals surface area contributed by atoms with Gasteiger partial charge in [-0.25, -0.2) is 9.97 Å². The van der Waals surface area contributed by atoms with Gasteiger partial charge in [-0.3, -0.25) is 4.90 Å². The lowest BCUT2D eigenvalue weighted by Gasteiger charge is -2.36. The molecule has 0 aliphatic carbocycles. The van der Waals surface area contributed by atoms with Crippen molar-refractivity contribution in [3.63, 3.8) is 0 Å². The molecule has 6 nitrogen and oxygen atoms in total. The van der Waals surface area contributed by atoms with Crippen LogP contribution < -0.4 is 4.90 Å². The van der Waals surface area contributed by atoms with Crippen LogP contribution in [0.25, 0.3) is 0 Å².